The zero-order chi connectivity index (χ0) is 10.7. The van der Waals surface area contributed by atoms with Gasteiger partial charge < -0.3 is 40.2 Å². The summed E-state index contributed by atoms with van der Waals surface area (Å²) in [6.07, 6.45) is -6.25. The summed E-state index contributed by atoms with van der Waals surface area (Å²) in [4.78, 5) is 25.3. The van der Waals surface area contributed by atoms with Gasteiger partial charge >= 0.3 is 52.8 Å². The van der Waals surface area contributed by atoms with Crippen LogP contribution in [0.5, 0.6) is 0 Å². The molecule has 1 atom stereocenters. The van der Waals surface area contributed by atoms with E-state index in [2.05, 4.69) is 0 Å². The molecule has 0 heterocycles. The molecule has 0 aromatic rings. The second-order valence-corrected chi connectivity index (χ2v) is 0.798. The summed E-state index contributed by atoms with van der Waals surface area (Å²) >= 11 is 0. The van der Waals surface area contributed by atoms with Crippen molar-refractivity contribution >= 4 is 28.4 Å². The van der Waals surface area contributed by atoms with Crippen LogP contribution in [0.1, 0.15) is 0 Å². The van der Waals surface area contributed by atoms with E-state index in [1.807, 2.05) is 0 Å². The number of hydrogen-bond donors (Lipinski definition) is 3. The Morgan fingerprint density at radius 3 is 0.867 bits per heavy atom. The maximum absolute atomic E-state index is 8.56. The van der Waals surface area contributed by atoms with Crippen LogP contribution in [-0.4, -0.2) is 33.8 Å². The predicted octanol–water partition coefficient (Wildman–Crippen LogP) is -6.28. The van der Waals surface area contributed by atoms with Crippen molar-refractivity contribution in [3.05, 3.63) is 0 Å². The largest absolute Gasteiger partial charge is 2.00 e. The van der Waals surface area contributed by atoms with Crippen molar-refractivity contribution in [2.45, 2.75) is 0 Å². The van der Waals surface area contributed by atoms with Gasteiger partial charge in [-0.25, -0.2) is 4.79 Å². The molecule has 0 saturated carbocycles. The maximum Gasteiger partial charge on any atom is 2.00 e. The molecule has 12 heteroatoms. The quantitative estimate of drug-likeness (QED) is 0.289. The molecule has 0 saturated heterocycles. The molecule has 0 aromatic carbocycles. The van der Waals surface area contributed by atoms with Gasteiger partial charge in [0.25, 0.3) is 0 Å². The van der Waals surface area contributed by atoms with E-state index in [0.29, 0.717) is 0 Å². The van der Waals surface area contributed by atoms with E-state index < -0.39 is 18.5 Å². The molecule has 0 aliphatic carbocycles. The molecule has 3 N–H and O–H groups in total. The topological polar surface area (TPSA) is 181 Å². The van der Waals surface area contributed by atoms with E-state index in [0.717, 1.165) is 0 Å². The van der Waals surface area contributed by atoms with Crippen LogP contribution >= 0.6 is 9.90 Å². The van der Waals surface area contributed by atoms with Crippen molar-refractivity contribution in [2.24, 2.45) is 0 Å². The molecular weight excluding hydrogens is 289 g/mol. The summed E-state index contributed by atoms with van der Waals surface area (Å²) in [6.45, 7) is 0. The second kappa shape index (κ2) is 29.2. The number of carbonyl (C=O) groups excluding carboxylic acids is 1. The van der Waals surface area contributed by atoms with Crippen molar-refractivity contribution in [1.29, 1.82) is 0 Å². The van der Waals surface area contributed by atoms with Gasteiger partial charge in [-0.15, -0.1) is 0 Å². The Bertz CT molecular complexity index is 123. The molecular formula is C3H6MnNaO9P. The fourth-order valence-electron chi connectivity index (χ4n) is 0. The van der Waals surface area contributed by atoms with Gasteiger partial charge in [0.2, 0.25) is 6.16 Å². The Morgan fingerprint density at radius 1 is 0.867 bits per heavy atom. The minimum Gasteiger partial charge on any atom is -0.652 e. The Kier molecular flexibility index (Phi) is 70.9. The Balaban J connectivity index is -0.0000000184. The number of hydrogen-bond acceptors (Lipinski definition) is 6. The van der Waals surface area contributed by atoms with Crippen molar-refractivity contribution in [1.82, 2.24) is 0 Å². The van der Waals surface area contributed by atoms with E-state index in [4.69, 9.17) is 45.0 Å². The third-order valence-corrected chi connectivity index (χ3v) is 0. The minimum atomic E-state index is -2.33. The molecule has 0 fully saturated rings. The maximum atomic E-state index is 8.56. The van der Waals surface area contributed by atoms with Crippen LogP contribution in [0, 0.1) is 0 Å². The van der Waals surface area contributed by atoms with Crippen molar-refractivity contribution in [2.75, 3.05) is 0 Å². The monoisotopic (exact) mass is 295 g/mol. The van der Waals surface area contributed by atoms with Gasteiger partial charge in [0, 0.05) is 0 Å². The Morgan fingerprint density at radius 2 is 0.867 bits per heavy atom. The van der Waals surface area contributed by atoms with Crippen molar-refractivity contribution < 1.29 is 91.6 Å². The van der Waals surface area contributed by atoms with Crippen LogP contribution in [0.25, 0.3) is 0 Å². The number of carboxylic acid groups (broad SMARTS) is 6. The first-order valence-electron chi connectivity index (χ1n) is 1.90. The summed E-state index contributed by atoms with van der Waals surface area (Å²) in [5.74, 6) is 0. The summed E-state index contributed by atoms with van der Waals surface area (Å²) < 4.78 is 0. The van der Waals surface area contributed by atoms with E-state index >= 15 is 0 Å². The van der Waals surface area contributed by atoms with Crippen LogP contribution in [0.4, 0.5) is 14.4 Å². The molecule has 0 rings (SSSR count). The molecule has 9 nitrogen and oxygen atoms in total. The number of rotatable bonds is 0. The van der Waals surface area contributed by atoms with Crippen LogP contribution in [0.3, 0.4) is 0 Å². The van der Waals surface area contributed by atoms with E-state index in [9.17, 15) is 0 Å². The van der Waals surface area contributed by atoms with Crippen LogP contribution < -0.4 is 44.9 Å². The number of carbonyl (C=O) groups is 3. The summed E-state index contributed by atoms with van der Waals surface area (Å²) in [7, 11) is 0. The van der Waals surface area contributed by atoms with Crippen LogP contribution in [0.2, 0.25) is 0 Å². The van der Waals surface area contributed by atoms with Gasteiger partial charge in [0.05, 0.1) is 0 Å². The first-order chi connectivity index (χ1) is 5.20. The van der Waals surface area contributed by atoms with Gasteiger partial charge in [-0.3, -0.25) is 0 Å². The van der Waals surface area contributed by atoms with Gasteiger partial charge in [-0.2, -0.15) is 9.90 Å². The Labute approximate surface area is 119 Å². The van der Waals surface area contributed by atoms with Crippen LogP contribution in [0.15, 0.2) is 0 Å². The minimum absolute atomic E-state index is 0. The van der Waals surface area contributed by atoms with E-state index in [1.165, 1.54) is 0 Å². The zero-order valence-electron chi connectivity index (χ0n) is 7.38. The normalized spacial score (nSPS) is 4.80. The summed E-state index contributed by atoms with van der Waals surface area (Å²) in [5.41, 5.74) is 0. The molecule has 1 unspecified atom stereocenters. The fraction of sp³-hybridized carbons (Fsp3) is 0. The molecule has 0 bridgehead atoms. The molecule has 85 valence electrons. The molecule has 15 heavy (non-hydrogen) atoms. The van der Waals surface area contributed by atoms with Gasteiger partial charge in [0.1, 0.15) is 0 Å². The summed E-state index contributed by atoms with van der Waals surface area (Å²) in [6, 6.07) is 0. The average Bonchev–Trinajstić information content (AvgIpc) is 1.54. The third kappa shape index (κ3) is 32900. The van der Waals surface area contributed by atoms with Gasteiger partial charge in [0.15, 0.2) is 0 Å². The third-order valence-electron chi connectivity index (χ3n) is 0. The van der Waals surface area contributed by atoms with Gasteiger partial charge in [-0.1, -0.05) is 0 Å². The predicted molar refractivity (Wildman–Crippen MR) is 35.2 cm³/mol. The Hall–Kier alpha value is -0.241. The molecule has 0 spiro atoms. The smallest absolute Gasteiger partial charge is 0.652 e. The van der Waals surface area contributed by atoms with Gasteiger partial charge in [-0.05, 0) is 6.16 Å². The molecule has 0 aliphatic heterocycles. The molecule has 1 radical (unpaired) electrons. The summed E-state index contributed by atoms with van der Waals surface area (Å²) in [5, 5.41) is 45.9. The van der Waals surface area contributed by atoms with Crippen molar-refractivity contribution in [3.8, 4) is 0 Å². The second-order valence-electron chi connectivity index (χ2n) is 0.798. The van der Waals surface area contributed by atoms with E-state index in [-0.39, 0.29) is 56.5 Å². The molecule has 0 aromatic heterocycles. The van der Waals surface area contributed by atoms with Crippen molar-refractivity contribution in [3.63, 3.8) is 0 Å². The zero-order valence-corrected chi connectivity index (χ0v) is 12.0. The van der Waals surface area contributed by atoms with Crippen LogP contribution in [-0.2, 0) is 17.1 Å². The molecule has 0 aliphatic rings. The average molecular weight is 295 g/mol. The van der Waals surface area contributed by atoms with E-state index in [1.54, 1.807) is 0 Å². The standard InChI is InChI=1S/3CH2O3.Mn.Na.H3P/c3*2-1(3)4;;;/h3*(H2,2,3,4);;;1H3/q;;;+2;+1;/p-3. The fourth-order valence-corrected chi connectivity index (χ4v) is 0. The first-order valence-corrected chi connectivity index (χ1v) is 1.90. The molecule has 0 amide bonds. The first kappa shape index (κ1) is 36.4. The SMILES string of the molecule is O=C(O)O.O=C([O-])O.O=C([O-])[O-].P.[Mn+2].[Na+].